The van der Waals surface area contributed by atoms with Gasteiger partial charge in [-0.15, -0.1) is 10.2 Å². The van der Waals surface area contributed by atoms with Gasteiger partial charge in [-0.1, -0.05) is 37.6 Å². The van der Waals surface area contributed by atoms with Crippen molar-refractivity contribution in [2.24, 2.45) is 5.92 Å². The second-order valence-corrected chi connectivity index (χ2v) is 9.86. The zero-order valence-corrected chi connectivity index (χ0v) is 19.3. The predicted octanol–water partition coefficient (Wildman–Crippen LogP) is 5.31. The minimum absolute atomic E-state index is 0.0119. The van der Waals surface area contributed by atoms with Crippen molar-refractivity contribution in [3.05, 3.63) is 53.9 Å². The fraction of sp³-hybridized carbons (Fsp3) is 0.440. The molecule has 2 aliphatic rings. The van der Waals surface area contributed by atoms with Crippen molar-refractivity contribution in [1.29, 1.82) is 0 Å². The van der Waals surface area contributed by atoms with Crippen LogP contribution in [-0.2, 0) is 17.6 Å². The molecule has 2 atom stereocenters. The van der Waals surface area contributed by atoms with Crippen LogP contribution in [0.25, 0.3) is 11.4 Å². The van der Waals surface area contributed by atoms with E-state index in [0.717, 1.165) is 41.5 Å². The van der Waals surface area contributed by atoms with Crippen molar-refractivity contribution in [3.63, 3.8) is 0 Å². The number of carbonyl (C=O) groups is 1. The van der Waals surface area contributed by atoms with Crippen LogP contribution in [0, 0.1) is 5.92 Å². The van der Waals surface area contributed by atoms with E-state index in [1.54, 1.807) is 6.20 Å². The molecule has 0 spiro atoms. The molecule has 0 bridgehead atoms. The molecular weight excluding hydrogens is 418 g/mol. The van der Waals surface area contributed by atoms with Gasteiger partial charge in [-0.25, -0.2) is 0 Å². The molecule has 0 aliphatic heterocycles. The highest BCUT2D eigenvalue weighted by Crippen LogP contribution is 2.38. The molecule has 2 heterocycles. The van der Waals surface area contributed by atoms with E-state index in [9.17, 15) is 4.79 Å². The Bertz CT molecular complexity index is 1100. The highest BCUT2D eigenvalue weighted by Gasteiger charge is 2.29. The Morgan fingerprint density at radius 1 is 1.12 bits per heavy atom. The molecule has 0 radical (unpaired) electrons. The average Bonchev–Trinajstić information content (AvgIpc) is 3.45. The third-order valence-corrected chi connectivity index (χ3v) is 7.64. The number of benzene rings is 1. The van der Waals surface area contributed by atoms with Crippen LogP contribution in [0.1, 0.15) is 56.2 Å². The minimum atomic E-state index is -0.0119. The number of aromatic nitrogens is 4. The highest BCUT2D eigenvalue weighted by atomic mass is 32.2. The summed E-state index contributed by atoms with van der Waals surface area (Å²) in [5, 5.41) is 12.9. The summed E-state index contributed by atoms with van der Waals surface area (Å²) in [6.07, 6.45) is 11.9. The first-order valence-electron chi connectivity index (χ1n) is 11.6. The van der Waals surface area contributed by atoms with Crippen LogP contribution >= 0.6 is 11.8 Å². The van der Waals surface area contributed by atoms with E-state index in [0.29, 0.717) is 17.7 Å². The SMILES string of the molecule is CC1CCCCC1n1c(SCC(=O)Nc2ccc3c(c2)CCC3)nnc1-c1cccnc1. The molecule has 32 heavy (non-hydrogen) atoms. The number of nitrogens with zero attached hydrogens (tertiary/aromatic N) is 4. The van der Waals surface area contributed by atoms with E-state index >= 15 is 0 Å². The Morgan fingerprint density at radius 3 is 2.84 bits per heavy atom. The number of thioether (sulfide) groups is 1. The van der Waals surface area contributed by atoms with E-state index < -0.39 is 0 Å². The lowest BCUT2D eigenvalue weighted by Crippen LogP contribution is -2.23. The number of anilines is 1. The molecule has 1 saturated carbocycles. The van der Waals surface area contributed by atoms with Crippen LogP contribution in [0.15, 0.2) is 47.9 Å². The van der Waals surface area contributed by atoms with Crippen molar-refractivity contribution < 1.29 is 4.79 Å². The second-order valence-electron chi connectivity index (χ2n) is 8.92. The predicted molar refractivity (Wildman–Crippen MR) is 128 cm³/mol. The summed E-state index contributed by atoms with van der Waals surface area (Å²) in [5.74, 6) is 1.69. The van der Waals surface area contributed by atoms with Gasteiger partial charge in [0.15, 0.2) is 11.0 Å². The monoisotopic (exact) mass is 447 g/mol. The lowest BCUT2D eigenvalue weighted by molar-refractivity contribution is -0.113. The maximum absolute atomic E-state index is 12.7. The highest BCUT2D eigenvalue weighted by molar-refractivity contribution is 7.99. The van der Waals surface area contributed by atoms with Crippen molar-refractivity contribution in [3.8, 4) is 11.4 Å². The zero-order chi connectivity index (χ0) is 21.9. The summed E-state index contributed by atoms with van der Waals surface area (Å²) in [5.41, 5.74) is 4.62. The van der Waals surface area contributed by atoms with E-state index in [1.165, 1.54) is 48.6 Å². The van der Waals surface area contributed by atoms with Crippen LogP contribution in [-0.4, -0.2) is 31.4 Å². The molecule has 0 saturated heterocycles. The van der Waals surface area contributed by atoms with Crippen LogP contribution < -0.4 is 5.32 Å². The van der Waals surface area contributed by atoms with Gasteiger partial charge < -0.3 is 5.32 Å². The van der Waals surface area contributed by atoms with Crippen LogP contribution in [0.4, 0.5) is 5.69 Å². The Hall–Kier alpha value is -2.67. The topological polar surface area (TPSA) is 72.7 Å². The summed E-state index contributed by atoms with van der Waals surface area (Å²) in [4.78, 5) is 17.0. The summed E-state index contributed by atoms with van der Waals surface area (Å²) in [6, 6.07) is 10.6. The van der Waals surface area contributed by atoms with Gasteiger partial charge in [-0.2, -0.15) is 0 Å². The van der Waals surface area contributed by atoms with Crippen molar-refractivity contribution in [1.82, 2.24) is 19.7 Å². The third kappa shape index (κ3) is 4.44. The quantitative estimate of drug-likeness (QED) is 0.518. The molecule has 2 aliphatic carbocycles. The zero-order valence-electron chi connectivity index (χ0n) is 18.5. The summed E-state index contributed by atoms with van der Waals surface area (Å²) < 4.78 is 2.26. The van der Waals surface area contributed by atoms with Gasteiger partial charge in [-0.3, -0.25) is 14.3 Å². The van der Waals surface area contributed by atoms with Gasteiger partial charge in [0.05, 0.1) is 5.75 Å². The average molecular weight is 448 g/mol. The van der Waals surface area contributed by atoms with E-state index in [2.05, 4.69) is 44.1 Å². The number of pyridine rings is 1. The number of hydrogen-bond donors (Lipinski definition) is 1. The Labute approximate surface area is 193 Å². The molecular formula is C25H29N5OS. The number of rotatable bonds is 6. The van der Waals surface area contributed by atoms with Crippen LogP contribution in [0.3, 0.4) is 0 Å². The van der Waals surface area contributed by atoms with Gasteiger partial charge >= 0.3 is 0 Å². The molecule has 1 fully saturated rings. The van der Waals surface area contributed by atoms with Gasteiger partial charge in [0.25, 0.3) is 0 Å². The van der Waals surface area contributed by atoms with Gasteiger partial charge in [0.1, 0.15) is 0 Å². The number of fused-ring (bicyclic) bond motifs is 1. The van der Waals surface area contributed by atoms with E-state index in [1.807, 2.05) is 24.4 Å². The Morgan fingerprint density at radius 2 is 2.00 bits per heavy atom. The van der Waals surface area contributed by atoms with Crippen LogP contribution in [0.5, 0.6) is 0 Å². The maximum atomic E-state index is 12.7. The fourth-order valence-corrected chi connectivity index (χ4v) is 5.82. The first-order chi connectivity index (χ1) is 15.7. The van der Waals surface area contributed by atoms with Crippen molar-refractivity contribution >= 4 is 23.4 Å². The normalized spacial score (nSPS) is 20.2. The number of nitrogens with one attached hydrogen (secondary N) is 1. The minimum Gasteiger partial charge on any atom is -0.325 e. The Balaban J connectivity index is 1.34. The smallest absolute Gasteiger partial charge is 0.234 e. The molecule has 1 amide bonds. The molecule has 7 heteroatoms. The van der Waals surface area contributed by atoms with Gasteiger partial charge in [0, 0.05) is 29.7 Å². The molecule has 2 unspecified atom stereocenters. The molecule has 1 N–H and O–H groups in total. The number of carbonyl (C=O) groups excluding carboxylic acids is 1. The molecule has 1 aromatic carbocycles. The van der Waals surface area contributed by atoms with E-state index in [4.69, 9.17) is 0 Å². The number of aryl methyl sites for hydroxylation is 2. The van der Waals surface area contributed by atoms with Crippen molar-refractivity contribution in [2.45, 2.75) is 63.1 Å². The number of hydrogen-bond acceptors (Lipinski definition) is 5. The van der Waals surface area contributed by atoms with Gasteiger partial charge in [-0.05, 0) is 73.4 Å². The summed E-state index contributed by atoms with van der Waals surface area (Å²) in [7, 11) is 0. The number of amides is 1. The summed E-state index contributed by atoms with van der Waals surface area (Å²) >= 11 is 1.47. The molecule has 3 aromatic rings. The molecule has 5 rings (SSSR count). The molecule has 166 valence electrons. The largest absolute Gasteiger partial charge is 0.325 e. The maximum Gasteiger partial charge on any atom is 0.234 e. The molecule has 2 aromatic heterocycles. The second kappa shape index (κ2) is 9.45. The fourth-order valence-electron chi connectivity index (χ4n) is 5.02. The van der Waals surface area contributed by atoms with E-state index in [-0.39, 0.29) is 5.91 Å². The molecule has 6 nitrogen and oxygen atoms in total. The van der Waals surface area contributed by atoms with Crippen molar-refractivity contribution in [2.75, 3.05) is 11.1 Å². The third-order valence-electron chi connectivity index (χ3n) is 6.70. The Kier molecular flexibility index (Phi) is 6.26. The van der Waals surface area contributed by atoms with Crippen LogP contribution in [0.2, 0.25) is 0 Å². The first kappa shape index (κ1) is 21.2. The van der Waals surface area contributed by atoms with Gasteiger partial charge in [0.2, 0.25) is 5.91 Å². The summed E-state index contributed by atoms with van der Waals surface area (Å²) in [6.45, 7) is 2.31. The lowest BCUT2D eigenvalue weighted by atomic mass is 9.85. The lowest BCUT2D eigenvalue weighted by Gasteiger charge is -2.31. The standard InChI is InChI=1S/C25H29N5OS/c1-17-6-2-3-10-22(17)30-24(20-9-5-13-26-15-20)28-29-25(30)32-16-23(31)27-21-12-11-18-7-4-8-19(18)14-21/h5,9,11-15,17,22H,2-4,6-8,10,16H2,1H3,(H,27,31). The first-order valence-corrected chi connectivity index (χ1v) is 12.6.